The number of fused-ring (bicyclic) bond motifs is 4. The fourth-order valence-corrected chi connectivity index (χ4v) is 3.98. The zero-order chi connectivity index (χ0) is 13.1. The lowest BCUT2D eigenvalue weighted by Crippen LogP contribution is -2.34. The highest BCUT2D eigenvalue weighted by molar-refractivity contribution is 6.61. The van der Waals surface area contributed by atoms with Gasteiger partial charge in [0.25, 0.3) is 0 Å². The van der Waals surface area contributed by atoms with E-state index in [-0.39, 0.29) is 0 Å². The summed E-state index contributed by atoms with van der Waals surface area (Å²) in [6.07, 6.45) is 5.02. The molecule has 2 nitrogen and oxygen atoms in total. The fraction of sp³-hybridized carbons (Fsp3) is 0.333. The van der Waals surface area contributed by atoms with E-state index >= 15 is 0 Å². The highest BCUT2D eigenvalue weighted by atomic mass is 15.0. The Morgan fingerprint density at radius 1 is 0.750 bits per heavy atom. The second-order valence-electron chi connectivity index (χ2n) is 6.08. The maximum atomic E-state index is 5.09. The van der Waals surface area contributed by atoms with Crippen LogP contribution in [0.3, 0.4) is 0 Å². The van der Waals surface area contributed by atoms with Crippen LogP contribution in [-0.2, 0) is 0 Å². The zero-order valence-electron chi connectivity index (χ0n) is 11.3. The number of rotatable bonds is 0. The first-order chi connectivity index (χ1) is 9.92. The molecule has 20 heavy (non-hydrogen) atoms. The third-order valence-corrected chi connectivity index (χ3v) is 4.92. The van der Waals surface area contributed by atoms with Gasteiger partial charge in [0.1, 0.15) is 0 Å². The molecular formula is C18H16N2. The maximum absolute atomic E-state index is 5.09. The Hall–Kier alpha value is -1.96. The molecule has 2 aromatic rings. The van der Waals surface area contributed by atoms with Crippen LogP contribution in [0.5, 0.6) is 0 Å². The fourth-order valence-electron chi connectivity index (χ4n) is 3.98. The summed E-state index contributed by atoms with van der Waals surface area (Å²) in [7, 11) is 0. The van der Waals surface area contributed by atoms with E-state index in [1.54, 1.807) is 0 Å². The van der Waals surface area contributed by atoms with Gasteiger partial charge in [0, 0.05) is 16.5 Å². The van der Waals surface area contributed by atoms with Gasteiger partial charge in [-0.15, -0.1) is 0 Å². The van der Waals surface area contributed by atoms with Crippen LogP contribution < -0.4 is 0 Å². The van der Waals surface area contributed by atoms with Gasteiger partial charge in [-0.05, 0) is 18.2 Å². The van der Waals surface area contributed by atoms with E-state index < -0.39 is 0 Å². The average Bonchev–Trinajstić information content (AvgIpc) is 2.82. The summed E-state index contributed by atoms with van der Waals surface area (Å²) in [6, 6.07) is 13.9. The van der Waals surface area contributed by atoms with Gasteiger partial charge in [-0.1, -0.05) is 49.2 Å². The van der Waals surface area contributed by atoms with Crippen LogP contribution in [0.25, 0.3) is 10.8 Å². The summed E-state index contributed by atoms with van der Waals surface area (Å²) in [5, 5.41) is 2.66. The number of hydrogen-bond donors (Lipinski definition) is 0. The molecule has 3 aliphatic rings. The van der Waals surface area contributed by atoms with Gasteiger partial charge >= 0.3 is 0 Å². The van der Waals surface area contributed by atoms with Gasteiger partial charge in [0.15, 0.2) is 0 Å². The van der Waals surface area contributed by atoms with Crippen molar-refractivity contribution >= 4 is 22.2 Å². The molecule has 0 N–H and O–H groups in total. The van der Waals surface area contributed by atoms with Gasteiger partial charge in [0.05, 0.1) is 23.5 Å². The third kappa shape index (κ3) is 1.29. The summed E-state index contributed by atoms with van der Waals surface area (Å²) in [5.74, 6) is 0. The van der Waals surface area contributed by atoms with E-state index in [4.69, 9.17) is 9.98 Å². The molecule has 2 unspecified atom stereocenters. The van der Waals surface area contributed by atoms with Crippen LogP contribution in [0.4, 0.5) is 0 Å². The van der Waals surface area contributed by atoms with Crippen LogP contribution in [0.15, 0.2) is 46.4 Å². The summed E-state index contributed by atoms with van der Waals surface area (Å²) in [5.41, 5.74) is 4.89. The molecule has 0 radical (unpaired) electrons. The van der Waals surface area contributed by atoms with Crippen molar-refractivity contribution in [1.82, 2.24) is 0 Å². The predicted octanol–water partition coefficient (Wildman–Crippen LogP) is 3.76. The van der Waals surface area contributed by atoms with Crippen molar-refractivity contribution in [3.63, 3.8) is 0 Å². The Morgan fingerprint density at radius 3 is 1.85 bits per heavy atom. The molecule has 0 amide bonds. The lowest BCUT2D eigenvalue weighted by Gasteiger charge is -2.30. The molecule has 0 aromatic heterocycles. The molecule has 1 fully saturated rings. The molecular weight excluding hydrogens is 244 g/mol. The molecule has 1 saturated carbocycles. The molecule has 5 rings (SSSR count). The standard InChI is InChI=1S/C18H16N2/c1-2-10-15-14(9-1)19-17-12-7-3-5-11-6-4-8-13(16(11)12)18(17)20-15/h3-8,14-15H,1-2,9-10H2. The highest BCUT2D eigenvalue weighted by Gasteiger charge is 2.35. The summed E-state index contributed by atoms with van der Waals surface area (Å²) >= 11 is 0. The zero-order valence-corrected chi connectivity index (χ0v) is 11.3. The lowest BCUT2D eigenvalue weighted by atomic mass is 9.89. The minimum absolute atomic E-state index is 0.423. The largest absolute Gasteiger partial charge is 0.277 e. The predicted molar refractivity (Wildman–Crippen MR) is 83.1 cm³/mol. The average molecular weight is 260 g/mol. The van der Waals surface area contributed by atoms with Crippen molar-refractivity contribution in [3.8, 4) is 0 Å². The van der Waals surface area contributed by atoms with Crippen LogP contribution >= 0.6 is 0 Å². The van der Waals surface area contributed by atoms with E-state index in [1.807, 2.05) is 0 Å². The normalized spacial score (nSPS) is 26.8. The van der Waals surface area contributed by atoms with Crippen molar-refractivity contribution < 1.29 is 0 Å². The smallest absolute Gasteiger partial charge is 0.0915 e. The van der Waals surface area contributed by atoms with E-state index in [9.17, 15) is 0 Å². The topological polar surface area (TPSA) is 24.7 Å². The Bertz CT molecular complexity index is 722. The Balaban J connectivity index is 1.81. The Labute approximate surface area is 118 Å². The van der Waals surface area contributed by atoms with Gasteiger partial charge in [0.2, 0.25) is 0 Å². The van der Waals surface area contributed by atoms with E-state index in [2.05, 4.69) is 36.4 Å². The maximum Gasteiger partial charge on any atom is 0.0915 e. The van der Waals surface area contributed by atoms with E-state index in [0.717, 1.165) is 11.4 Å². The number of hydrogen-bond acceptors (Lipinski definition) is 2. The molecule has 2 aliphatic carbocycles. The lowest BCUT2D eigenvalue weighted by molar-refractivity contribution is 0.386. The third-order valence-electron chi connectivity index (χ3n) is 4.92. The van der Waals surface area contributed by atoms with Crippen LogP contribution in [0.1, 0.15) is 36.8 Å². The molecule has 1 aliphatic heterocycles. The first-order valence-electron chi connectivity index (χ1n) is 7.60. The van der Waals surface area contributed by atoms with E-state index in [1.165, 1.54) is 47.6 Å². The van der Waals surface area contributed by atoms with Crippen LogP contribution in [-0.4, -0.2) is 23.5 Å². The van der Waals surface area contributed by atoms with Gasteiger partial charge in [-0.25, -0.2) is 0 Å². The number of nitrogens with zero attached hydrogens (tertiary/aromatic N) is 2. The van der Waals surface area contributed by atoms with Crippen LogP contribution in [0.2, 0.25) is 0 Å². The summed E-state index contributed by atoms with van der Waals surface area (Å²) in [4.78, 5) is 10.2. The number of aliphatic imine (C=N–C) groups is 2. The monoisotopic (exact) mass is 260 g/mol. The minimum atomic E-state index is 0.423. The van der Waals surface area contributed by atoms with Crippen molar-refractivity contribution in [2.75, 3.05) is 0 Å². The van der Waals surface area contributed by atoms with Crippen LogP contribution in [0, 0.1) is 0 Å². The second kappa shape index (κ2) is 3.78. The highest BCUT2D eigenvalue weighted by Crippen LogP contribution is 2.36. The molecule has 2 heteroatoms. The van der Waals surface area contributed by atoms with Crippen molar-refractivity contribution in [2.45, 2.75) is 37.8 Å². The molecule has 2 aromatic carbocycles. The molecule has 98 valence electrons. The molecule has 1 heterocycles. The van der Waals surface area contributed by atoms with Crippen molar-refractivity contribution in [3.05, 3.63) is 47.5 Å². The quantitative estimate of drug-likeness (QED) is 0.689. The van der Waals surface area contributed by atoms with Gasteiger partial charge in [-0.2, -0.15) is 0 Å². The Morgan fingerprint density at radius 2 is 1.30 bits per heavy atom. The number of benzene rings is 2. The van der Waals surface area contributed by atoms with Crippen molar-refractivity contribution in [2.24, 2.45) is 9.98 Å². The Kier molecular flexibility index (Phi) is 2.04. The molecule has 0 bridgehead atoms. The minimum Gasteiger partial charge on any atom is -0.277 e. The second-order valence-corrected chi connectivity index (χ2v) is 6.08. The summed E-state index contributed by atoms with van der Waals surface area (Å²) in [6.45, 7) is 0. The molecule has 0 spiro atoms. The summed E-state index contributed by atoms with van der Waals surface area (Å²) < 4.78 is 0. The molecule has 2 atom stereocenters. The first kappa shape index (κ1) is 10.8. The van der Waals surface area contributed by atoms with E-state index in [0.29, 0.717) is 12.1 Å². The SMILES string of the molecule is c1cc2c3c(cccc3c1)C1=NC3CCCCC3N=C12. The van der Waals surface area contributed by atoms with Crippen molar-refractivity contribution in [1.29, 1.82) is 0 Å². The van der Waals surface area contributed by atoms with Gasteiger partial charge in [-0.3, -0.25) is 9.98 Å². The first-order valence-corrected chi connectivity index (χ1v) is 7.60. The molecule has 0 saturated heterocycles. The van der Waals surface area contributed by atoms with Gasteiger partial charge < -0.3 is 0 Å².